The molecule has 0 fully saturated rings. The highest BCUT2D eigenvalue weighted by Crippen LogP contribution is 2.15. The minimum absolute atomic E-state index is 0.0701. The molecule has 1 rings (SSSR count). The lowest BCUT2D eigenvalue weighted by Crippen LogP contribution is -2.18. The van der Waals surface area contributed by atoms with Crippen molar-refractivity contribution < 1.29 is 13.2 Å². The van der Waals surface area contributed by atoms with Gasteiger partial charge in [0, 0.05) is 17.3 Å². The summed E-state index contributed by atoms with van der Waals surface area (Å²) in [7, 11) is -3.27. The molecule has 0 aliphatic heterocycles. The lowest BCUT2D eigenvalue weighted by molar-refractivity contribution is -0.118. The number of anilines is 2. The van der Waals surface area contributed by atoms with Crippen molar-refractivity contribution in [2.75, 3.05) is 15.8 Å². The first-order chi connectivity index (χ1) is 8.84. The number of nitrogens with one attached hydrogen (secondary N) is 2. The smallest absolute Gasteiger partial charge is 0.232 e. The van der Waals surface area contributed by atoms with Gasteiger partial charge in [0.1, 0.15) is 0 Å². The summed E-state index contributed by atoms with van der Waals surface area (Å²) in [5.41, 5.74) is 1.15. The normalized spacial score (nSPS) is 11.4. The van der Waals surface area contributed by atoms with Gasteiger partial charge in [-0.25, -0.2) is 8.42 Å². The van der Waals surface area contributed by atoms with Crippen molar-refractivity contribution >= 4 is 27.3 Å². The van der Waals surface area contributed by atoms with Crippen molar-refractivity contribution in [1.82, 2.24) is 0 Å². The maximum atomic E-state index is 11.6. The van der Waals surface area contributed by atoms with Crippen LogP contribution in [0.4, 0.5) is 11.4 Å². The van der Waals surface area contributed by atoms with Gasteiger partial charge in [-0.1, -0.05) is 20.8 Å². The molecule has 1 aromatic carbocycles. The van der Waals surface area contributed by atoms with Crippen LogP contribution in [-0.2, 0) is 14.8 Å². The second kappa shape index (κ2) is 6.56. The Labute approximate surface area is 114 Å². The Morgan fingerprint density at radius 2 is 1.68 bits per heavy atom. The van der Waals surface area contributed by atoms with Gasteiger partial charge in [0.25, 0.3) is 0 Å². The topological polar surface area (TPSA) is 75.3 Å². The summed E-state index contributed by atoms with van der Waals surface area (Å²) < 4.78 is 25.6. The molecule has 5 nitrogen and oxygen atoms in total. The van der Waals surface area contributed by atoms with Crippen LogP contribution < -0.4 is 10.0 Å². The Bertz CT molecular complexity index is 521. The van der Waals surface area contributed by atoms with Gasteiger partial charge < -0.3 is 5.32 Å². The van der Waals surface area contributed by atoms with E-state index in [1.54, 1.807) is 24.3 Å². The first-order valence-corrected chi connectivity index (χ1v) is 7.90. The zero-order valence-corrected chi connectivity index (χ0v) is 12.3. The van der Waals surface area contributed by atoms with Crippen molar-refractivity contribution in [3.05, 3.63) is 24.3 Å². The van der Waals surface area contributed by atoms with E-state index in [0.29, 0.717) is 17.8 Å². The molecule has 0 spiro atoms. The van der Waals surface area contributed by atoms with Crippen LogP contribution in [0, 0.1) is 5.92 Å². The van der Waals surface area contributed by atoms with Gasteiger partial charge in [-0.15, -0.1) is 0 Å². The summed E-state index contributed by atoms with van der Waals surface area (Å²) in [5.74, 6) is -0.0687. The van der Waals surface area contributed by atoms with Crippen LogP contribution >= 0.6 is 0 Å². The number of sulfonamides is 1. The Kier molecular flexibility index (Phi) is 5.35. The Hall–Kier alpha value is -1.56. The summed E-state index contributed by atoms with van der Waals surface area (Å²) in [5, 5.41) is 2.74. The van der Waals surface area contributed by atoms with Crippen LogP contribution in [0.15, 0.2) is 24.3 Å². The molecule has 0 saturated carbocycles. The summed E-state index contributed by atoms with van der Waals surface area (Å²) in [6, 6.07) is 6.60. The van der Waals surface area contributed by atoms with Gasteiger partial charge in [0.2, 0.25) is 15.9 Å². The minimum Gasteiger partial charge on any atom is -0.326 e. The van der Waals surface area contributed by atoms with Crippen LogP contribution in [0.2, 0.25) is 0 Å². The third-order valence-electron chi connectivity index (χ3n) is 2.42. The van der Waals surface area contributed by atoms with E-state index < -0.39 is 10.0 Å². The van der Waals surface area contributed by atoms with Crippen molar-refractivity contribution in [3.63, 3.8) is 0 Å². The van der Waals surface area contributed by atoms with Crippen LogP contribution in [0.5, 0.6) is 0 Å². The molecule has 0 aliphatic carbocycles. The summed E-state index contributed by atoms with van der Waals surface area (Å²) in [6.45, 7) is 5.43. The molecule has 19 heavy (non-hydrogen) atoms. The molecule has 0 aliphatic rings. The molecule has 0 saturated heterocycles. The molecule has 1 aromatic rings. The summed E-state index contributed by atoms with van der Waals surface area (Å²) in [4.78, 5) is 11.5. The highest BCUT2D eigenvalue weighted by Gasteiger charge is 2.09. The van der Waals surface area contributed by atoms with E-state index in [2.05, 4.69) is 10.0 Å². The largest absolute Gasteiger partial charge is 0.326 e. The molecular formula is C13H20N2O3S. The van der Waals surface area contributed by atoms with Crippen LogP contribution in [-0.4, -0.2) is 20.1 Å². The molecule has 2 N–H and O–H groups in total. The Morgan fingerprint density at radius 1 is 1.16 bits per heavy atom. The van der Waals surface area contributed by atoms with E-state index in [4.69, 9.17) is 0 Å². The molecule has 1 amide bonds. The van der Waals surface area contributed by atoms with E-state index in [0.717, 1.165) is 0 Å². The molecule has 0 aromatic heterocycles. The van der Waals surface area contributed by atoms with Gasteiger partial charge in [-0.05, 0) is 30.7 Å². The molecule has 0 bridgehead atoms. The zero-order chi connectivity index (χ0) is 14.5. The van der Waals surface area contributed by atoms with E-state index in [1.165, 1.54) is 0 Å². The summed E-state index contributed by atoms with van der Waals surface area (Å²) in [6.07, 6.45) is 0.567. The van der Waals surface area contributed by atoms with Crippen molar-refractivity contribution in [2.24, 2.45) is 5.92 Å². The van der Waals surface area contributed by atoms with Gasteiger partial charge in [-0.2, -0.15) is 0 Å². The maximum Gasteiger partial charge on any atom is 0.232 e. The molecule has 0 atom stereocenters. The van der Waals surface area contributed by atoms with Crippen molar-refractivity contribution in [1.29, 1.82) is 0 Å². The molecule has 0 unspecified atom stereocenters. The average Bonchev–Trinajstić information content (AvgIpc) is 2.31. The fourth-order valence-electron chi connectivity index (χ4n) is 1.41. The van der Waals surface area contributed by atoms with Gasteiger partial charge >= 0.3 is 0 Å². The molecule has 0 heterocycles. The number of carbonyl (C=O) groups excluding carboxylic acids is 1. The standard InChI is InChI=1S/C13H20N2O3S/c1-4-9-19(17,18)15-12-7-5-11(6-8-12)14-13(16)10(2)3/h5-8,10,15H,4,9H2,1-3H3,(H,14,16). The van der Waals surface area contributed by atoms with Gasteiger partial charge in [0.05, 0.1) is 5.75 Å². The monoisotopic (exact) mass is 284 g/mol. The average molecular weight is 284 g/mol. The second-order valence-electron chi connectivity index (χ2n) is 4.64. The molecule has 6 heteroatoms. The van der Waals surface area contributed by atoms with E-state index in [9.17, 15) is 13.2 Å². The highest BCUT2D eigenvalue weighted by atomic mass is 32.2. The number of amides is 1. The minimum atomic E-state index is -3.27. The quantitative estimate of drug-likeness (QED) is 0.842. The third-order valence-corrected chi connectivity index (χ3v) is 3.92. The summed E-state index contributed by atoms with van der Waals surface area (Å²) >= 11 is 0. The van der Waals surface area contributed by atoms with E-state index in [1.807, 2.05) is 20.8 Å². The predicted octanol–water partition coefficient (Wildman–Crippen LogP) is 2.43. The second-order valence-corrected chi connectivity index (χ2v) is 6.48. The number of hydrogen-bond acceptors (Lipinski definition) is 3. The van der Waals surface area contributed by atoms with Crippen molar-refractivity contribution in [2.45, 2.75) is 27.2 Å². The first kappa shape index (κ1) is 15.5. The van der Waals surface area contributed by atoms with Gasteiger partial charge in [-0.3, -0.25) is 9.52 Å². The maximum absolute atomic E-state index is 11.6. The van der Waals surface area contributed by atoms with Crippen LogP contribution in [0.3, 0.4) is 0 Å². The Morgan fingerprint density at radius 3 is 2.16 bits per heavy atom. The first-order valence-electron chi connectivity index (χ1n) is 6.25. The number of hydrogen-bond donors (Lipinski definition) is 2. The lowest BCUT2D eigenvalue weighted by Gasteiger charge is -2.10. The molecule has 0 radical (unpaired) electrons. The van der Waals surface area contributed by atoms with E-state index >= 15 is 0 Å². The fraction of sp³-hybridized carbons (Fsp3) is 0.462. The molecular weight excluding hydrogens is 264 g/mol. The zero-order valence-electron chi connectivity index (χ0n) is 11.4. The molecule has 106 valence electrons. The third kappa shape index (κ3) is 5.30. The number of benzene rings is 1. The number of rotatable bonds is 6. The van der Waals surface area contributed by atoms with E-state index in [-0.39, 0.29) is 17.6 Å². The van der Waals surface area contributed by atoms with Gasteiger partial charge in [0.15, 0.2) is 0 Å². The van der Waals surface area contributed by atoms with Crippen LogP contribution in [0.1, 0.15) is 27.2 Å². The van der Waals surface area contributed by atoms with Crippen LogP contribution in [0.25, 0.3) is 0 Å². The predicted molar refractivity (Wildman–Crippen MR) is 77.6 cm³/mol. The SMILES string of the molecule is CCCS(=O)(=O)Nc1ccc(NC(=O)C(C)C)cc1. The number of carbonyl (C=O) groups is 1. The fourth-order valence-corrected chi connectivity index (χ4v) is 2.54. The lowest BCUT2D eigenvalue weighted by atomic mass is 10.2. The Balaban J connectivity index is 2.69. The highest BCUT2D eigenvalue weighted by molar-refractivity contribution is 7.92. The van der Waals surface area contributed by atoms with Crippen molar-refractivity contribution in [3.8, 4) is 0 Å².